The van der Waals surface area contributed by atoms with Crippen LogP contribution < -0.4 is 0 Å². The number of carboxylic acid groups (broad SMARTS) is 1. The Bertz CT molecular complexity index is 381. The number of amides is 1. The Kier molecular flexibility index (Phi) is 3.63. The highest BCUT2D eigenvalue weighted by atomic mass is 16.4. The van der Waals surface area contributed by atoms with Crippen LogP contribution in [-0.4, -0.2) is 35.0 Å². The van der Waals surface area contributed by atoms with Crippen molar-refractivity contribution in [2.45, 2.75) is 52.9 Å². The number of piperidine rings is 1. The summed E-state index contributed by atoms with van der Waals surface area (Å²) in [4.78, 5) is 25.7. The first-order chi connectivity index (χ1) is 8.82. The zero-order chi connectivity index (χ0) is 14.3. The lowest BCUT2D eigenvalue weighted by molar-refractivity contribution is -0.155. The lowest BCUT2D eigenvalue weighted by Crippen LogP contribution is -2.47. The van der Waals surface area contributed by atoms with Gasteiger partial charge in [0.2, 0.25) is 5.91 Å². The second kappa shape index (κ2) is 4.80. The fourth-order valence-corrected chi connectivity index (χ4v) is 3.31. The van der Waals surface area contributed by atoms with Crippen LogP contribution in [0.4, 0.5) is 0 Å². The van der Waals surface area contributed by atoms with Gasteiger partial charge in [-0.25, -0.2) is 0 Å². The standard InChI is InChI=1S/C15H25NO3/c1-4-5-15(13(18)19)6-8-16(9-7-15)12(17)11-10-14(11,2)3/h11H,4-10H2,1-3H3,(H,18,19). The minimum absolute atomic E-state index is 0.155. The van der Waals surface area contributed by atoms with Crippen LogP contribution in [0.25, 0.3) is 0 Å². The minimum Gasteiger partial charge on any atom is -0.481 e. The van der Waals surface area contributed by atoms with E-state index in [1.807, 2.05) is 11.8 Å². The molecule has 1 saturated carbocycles. The molecule has 0 radical (unpaired) electrons. The highest BCUT2D eigenvalue weighted by Gasteiger charge is 2.53. The number of carboxylic acids is 1. The largest absolute Gasteiger partial charge is 0.481 e. The molecule has 4 heteroatoms. The molecule has 1 N–H and O–H groups in total. The van der Waals surface area contributed by atoms with Crippen molar-refractivity contribution in [3.05, 3.63) is 0 Å². The highest BCUT2D eigenvalue weighted by molar-refractivity contribution is 5.83. The molecule has 1 aliphatic carbocycles. The van der Waals surface area contributed by atoms with Crippen LogP contribution in [0, 0.1) is 16.7 Å². The van der Waals surface area contributed by atoms with Crippen molar-refractivity contribution in [2.75, 3.05) is 13.1 Å². The Morgan fingerprint density at radius 1 is 1.26 bits per heavy atom. The zero-order valence-corrected chi connectivity index (χ0v) is 12.2. The quantitative estimate of drug-likeness (QED) is 0.851. The molecule has 1 heterocycles. The normalized spacial score (nSPS) is 27.9. The van der Waals surface area contributed by atoms with Crippen molar-refractivity contribution in [3.8, 4) is 0 Å². The molecular formula is C15H25NO3. The van der Waals surface area contributed by atoms with E-state index in [1.165, 1.54) is 0 Å². The van der Waals surface area contributed by atoms with Crippen molar-refractivity contribution in [1.29, 1.82) is 0 Å². The van der Waals surface area contributed by atoms with E-state index in [0.717, 1.165) is 19.3 Å². The summed E-state index contributed by atoms with van der Waals surface area (Å²) in [6, 6.07) is 0. The van der Waals surface area contributed by atoms with E-state index in [9.17, 15) is 14.7 Å². The molecule has 1 atom stereocenters. The van der Waals surface area contributed by atoms with Crippen LogP contribution in [0.1, 0.15) is 52.9 Å². The summed E-state index contributed by atoms with van der Waals surface area (Å²) < 4.78 is 0. The summed E-state index contributed by atoms with van der Waals surface area (Å²) in [5.41, 5.74) is -0.438. The lowest BCUT2D eigenvalue weighted by atomic mass is 9.75. The molecule has 2 fully saturated rings. The Balaban J connectivity index is 1.95. The number of aliphatic carboxylic acids is 1. The van der Waals surface area contributed by atoms with Gasteiger partial charge in [0.1, 0.15) is 0 Å². The summed E-state index contributed by atoms with van der Waals surface area (Å²) >= 11 is 0. The third kappa shape index (κ3) is 2.63. The molecule has 0 bridgehead atoms. The molecule has 0 aromatic rings. The Hall–Kier alpha value is -1.06. The number of likely N-dealkylation sites (tertiary alicyclic amines) is 1. The fraction of sp³-hybridized carbons (Fsp3) is 0.867. The van der Waals surface area contributed by atoms with Crippen molar-refractivity contribution in [3.63, 3.8) is 0 Å². The van der Waals surface area contributed by atoms with Gasteiger partial charge in [-0.3, -0.25) is 9.59 Å². The molecule has 1 aliphatic heterocycles. The SMILES string of the molecule is CCCC1(C(=O)O)CCN(C(=O)C2CC2(C)C)CC1. The number of nitrogens with zero attached hydrogens (tertiary/aromatic N) is 1. The predicted molar refractivity (Wildman–Crippen MR) is 72.7 cm³/mol. The van der Waals surface area contributed by atoms with Gasteiger partial charge in [-0.15, -0.1) is 0 Å². The summed E-state index contributed by atoms with van der Waals surface area (Å²) in [5.74, 6) is -0.287. The van der Waals surface area contributed by atoms with Gasteiger partial charge in [-0.1, -0.05) is 27.2 Å². The lowest BCUT2D eigenvalue weighted by Gasteiger charge is -2.39. The monoisotopic (exact) mass is 267 g/mol. The second-order valence-corrected chi connectivity index (χ2v) is 6.91. The number of carbonyl (C=O) groups is 2. The van der Waals surface area contributed by atoms with Gasteiger partial charge >= 0.3 is 5.97 Å². The number of rotatable bonds is 4. The number of hydrogen-bond acceptors (Lipinski definition) is 2. The average Bonchev–Trinajstić information content (AvgIpc) is 2.98. The van der Waals surface area contributed by atoms with E-state index in [1.54, 1.807) is 0 Å². The van der Waals surface area contributed by atoms with Crippen molar-refractivity contribution in [2.24, 2.45) is 16.7 Å². The molecule has 0 spiro atoms. The Labute approximate surface area is 115 Å². The van der Waals surface area contributed by atoms with Crippen LogP contribution >= 0.6 is 0 Å². The van der Waals surface area contributed by atoms with Gasteiger partial charge in [0.25, 0.3) is 0 Å². The summed E-state index contributed by atoms with van der Waals surface area (Å²) in [7, 11) is 0. The first-order valence-corrected chi connectivity index (χ1v) is 7.34. The van der Waals surface area contributed by atoms with E-state index in [2.05, 4.69) is 13.8 Å². The number of hydrogen-bond donors (Lipinski definition) is 1. The molecule has 0 aromatic carbocycles. The molecule has 0 aromatic heterocycles. The third-order valence-corrected chi connectivity index (χ3v) is 5.03. The summed E-state index contributed by atoms with van der Waals surface area (Å²) in [5, 5.41) is 9.45. The van der Waals surface area contributed by atoms with E-state index in [-0.39, 0.29) is 17.2 Å². The highest BCUT2D eigenvalue weighted by Crippen LogP contribution is 2.53. The first kappa shape index (κ1) is 14.4. The molecule has 1 amide bonds. The maximum Gasteiger partial charge on any atom is 0.309 e. The average molecular weight is 267 g/mol. The van der Waals surface area contributed by atoms with E-state index in [4.69, 9.17) is 0 Å². The third-order valence-electron chi connectivity index (χ3n) is 5.03. The molecule has 1 saturated heterocycles. The predicted octanol–water partition coefficient (Wildman–Crippen LogP) is 2.53. The first-order valence-electron chi connectivity index (χ1n) is 7.34. The molecule has 4 nitrogen and oxygen atoms in total. The van der Waals surface area contributed by atoms with Gasteiger partial charge in [-0.05, 0) is 31.1 Å². The van der Waals surface area contributed by atoms with Crippen LogP contribution in [0.2, 0.25) is 0 Å². The molecule has 1 unspecified atom stereocenters. The number of carbonyl (C=O) groups excluding carboxylic acids is 1. The second-order valence-electron chi connectivity index (χ2n) is 6.91. The van der Waals surface area contributed by atoms with Gasteiger partial charge in [0, 0.05) is 19.0 Å². The van der Waals surface area contributed by atoms with Crippen LogP contribution in [0.3, 0.4) is 0 Å². The van der Waals surface area contributed by atoms with E-state index >= 15 is 0 Å². The Morgan fingerprint density at radius 2 is 1.79 bits per heavy atom. The van der Waals surface area contributed by atoms with Gasteiger partial charge in [0.15, 0.2) is 0 Å². The molecular weight excluding hydrogens is 242 g/mol. The topological polar surface area (TPSA) is 57.6 Å². The van der Waals surface area contributed by atoms with Crippen molar-refractivity contribution in [1.82, 2.24) is 4.90 Å². The smallest absolute Gasteiger partial charge is 0.309 e. The van der Waals surface area contributed by atoms with E-state index in [0.29, 0.717) is 25.9 Å². The van der Waals surface area contributed by atoms with E-state index < -0.39 is 11.4 Å². The van der Waals surface area contributed by atoms with Crippen LogP contribution in [0.5, 0.6) is 0 Å². The Morgan fingerprint density at radius 3 is 2.16 bits per heavy atom. The molecule has 19 heavy (non-hydrogen) atoms. The summed E-state index contributed by atoms with van der Waals surface area (Å²) in [6.07, 6.45) is 3.79. The minimum atomic E-state index is -0.687. The van der Waals surface area contributed by atoms with Crippen molar-refractivity contribution < 1.29 is 14.7 Å². The van der Waals surface area contributed by atoms with Gasteiger partial charge in [-0.2, -0.15) is 0 Å². The van der Waals surface area contributed by atoms with Crippen LogP contribution in [0.15, 0.2) is 0 Å². The molecule has 2 aliphatic rings. The van der Waals surface area contributed by atoms with Gasteiger partial charge in [0.05, 0.1) is 5.41 Å². The molecule has 108 valence electrons. The van der Waals surface area contributed by atoms with Gasteiger partial charge < -0.3 is 10.0 Å². The maximum atomic E-state index is 12.3. The summed E-state index contributed by atoms with van der Waals surface area (Å²) in [6.45, 7) is 7.49. The fourth-order valence-electron chi connectivity index (χ4n) is 3.31. The van der Waals surface area contributed by atoms with Crippen LogP contribution in [-0.2, 0) is 9.59 Å². The van der Waals surface area contributed by atoms with Crippen molar-refractivity contribution >= 4 is 11.9 Å². The maximum absolute atomic E-state index is 12.3. The molecule has 2 rings (SSSR count). The zero-order valence-electron chi connectivity index (χ0n) is 12.2.